The lowest BCUT2D eigenvalue weighted by Crippen LogP contribution is -2.15. The van der Waals surface area contributed by atoms with Crippen LogP contribution in [0.4, 0.5) is 10.1 Å². The molecule has 0 atom stereocenters. The minimum atomic E-state index is -0.513. The van der Waals surface area contributed by atoms with Crippen LogP contribution in [-0.2, 0) is 0 Å². The number of benzene rings is 2. The van der Waals surface area contributed by atoms with E-state index in [9.17, 15) is 9.18 Å². The summed E-state index contributed by atoms with van der Waals surface area (Å²) in [6.07, 6.45) is 0. The third-order valence-corrected chi connectivity index (χ3v) is 2.84. The molecule has 0 heterocycles. The van der Waals surface area contributed by atoms with E-state index >= 15 is 0 Å². The fourth-order valence-electron chi connectivity index (χ4n) is 1.84. The fourth-order valence-corrected chi connectivity index (χ4v) is 1.84. The Labute approximate surface area is 105 Å². The van der Waals surface area contributed by atoms with Gasteiger partial charge in [-0.15, -0.1) is 0 Å². The van der Waals surface area contributed by atoms with Gasteiger partial charge in [0.2, 0.25) is 0 Å². The zero-order chi connectivity index (χ0) is 13.1. The van der Waals surface area contributed by atoms with Crippen molar-refractivity contribution >= 4 is 11.6 Å². The smallest absolute Gasteiger partial charge is 0.258 e. The van der Waals surface area contributed by atoms with Crippen LogP contribution in [0.15, 0.2) is 42.5 Å². The van der Waals surface area contributed by atoms with Crippen molar-refractivity contribution in [3.8, 4) is 0 Å². The summed E-state index contributed by atoms with van der Waals surface area (Å²) in [4.78, 5) is 12.0. The third kappa shape index (κ3) is 2.40. The van der Waals surface area contributed by atoms with Crippen molar-refractivity contribution in [3.63, 3.8) is 0 Å². The summed E-state index contributed by atoms with van der Waals surface area (Å²) >= 11 is 0. The summed E-state index contributed by atoms with van der Waals surface area (Å²) in [5.74, 6) is -0.938. The second-order valence-corrected chi connectivity index (χ2v) is 4.20. The zero-order valence-corrected chi connectivity index (χ0v) is 10.3. The number of carbonyl (C=O) groups excluding carboxylic acids is 1. The van der Waals surface area contributed by atoms with Gasteiger partial charge in [0.15, 0.2) is 0 Å². The maximum atomic E-state index is 13.5. The van der Waals surface area contributed by atoms with Gasteiger partial charge < -0.3 is 5.32 Å². The van der Waals surface area contributed by atoms with Crippen molar-refractivity contribution < 1.29 is 9.18 Å². The topological polar surface area (TPSA) is 29.1 Å². The Morgan fingerprint density at radius 3 is 2.22 bits per heavy atom. The monoisotopic (exact) mass is 243 g/mol. The number of hydrogen-bond donors (Lipinski definition) is 1. The summed E-state index contributed by atoms with van der Waals surface area (Å²) in [6.45, 7) is 3.81. The molecule has 2 aromatic carbocycles. The van der Waals surface area contributed by atoms with Crippen molar-refractivity contribution in [2.45, 2.75) is 13.8 Å². The van der Waals surface area contributed by atoms with Gasteiger partial charge in [-0.1, -0.05) is 30.3 Å². The first-order chi connectivity index (χ1) is 8.59. The van der Waals surface area contributed by atoms with Gasteiger partial charge in [-0.05, 0) is 37.1 Å². The average Bonchev–Trinajstić information content (AvgIpc) is 2.34. The molecule has 0 aliphatic rings. The van der Waals surface area contributed by atoms with Crippen molar-refractivity contribution in [1.29, 1.82) is 0 Å². The molecule has 3 heteroatoms. The van der Waals surface area contributed by atoms with Gasteiger partial charge in [-0.25, -0.2) is 4.39 Å². The molecular formula is C15H14FNO. The fraction of sp³-hybridized carbons (Fsp3) is 0.133. The van der Waals surface area contributed by atoms with Crippen LogP contribution in [0.3, 0.4) is 0 Å². The molecule has 0 aliphatic heterocycles. The second kappa shape index (κ2) is 5.00. The minimum absolute atomic E-state index is 0.0557. The first-order valence-corrected chi connectivity index (χ1v) is 5.71. The van der Waals surface area contributed by atoms with Gasteiger partial charge in [-0.2, -0.15) is 0 Å². The Morgan fingerprint density at radius 2 is 1.61 bits per heavy atom. The van der Waals surface area contributed by atoms with Crippen LogP contribution in [0.25, 0.3) is 0 Å². The number of para-hydroxylation sites is 1. The number of carbonyl (C=O) groups is 1. The molecule has 1 N–H and O–H groups in total. The highest BCUT2D eigenvalue weighted by Gasteiger charge is 2.12. The van der Waals surface area contributed by atoms with E-state index in [0.717, 1.165) is 16.8 Å². The van der Waals surface area contributed by atoms with Crippen LogP contribution in [0, 0.1) is 19.7 Å². The molecule has 1 amide bonds. The molecule has 18 heavy (non-hydrogen) atoms. The van der Waals surface area contributed by atoms with Crippen molar-refractivity contribution in [1.82, 2.24) is 0 Å². The van der Waals surface area contributed by atoms with Crippen LogP contribution in [-0.4, -0.2) is 5.91 Å². The molecular weight excluding hydrogens is 229 g/mol. The third-order valence-electron chi connectivity index (χ3n) is 2.84. The summed E-state index contributed by atoms with van der Waals surface area (Å²) < 4.78 is 13.5. The molecule has 0 aliphatic carbocycles. The predicted molar refractivity (Wildman–Crippen MR) is 70.3 cm³/mol. The lowest BCUT2D eigenvalue weighted by molar-refractivity contribution is 0.102. The maximum absolute atomic E-state index is 13.5. The van der Waals surface area contributed by atoms with Crippen LogP contribution in [0.2, 0.25) is 0 Å². The Balaban J connectivity index is 2.30. The molecule has 2 nitrogen and oxygen atoms in total. The molecule has 0 spiro atoms. The summed E-state index contributed by atoms with van der Waals surface area (Å²) in [6, 6.07) is 11.7. The van der Waals surface area contributed by atoms with E-state index in [4.69, 9.17) is 0 Å². The van der Waals surface area contributed by atoms with Crippen molar-refractivity contribution in [2.75, 3.05) is 5.32 Å². The van der Waals surface area contributed by atoms with Gasteiger partial charge in [-0.3, -0.25) is 4.79 Å². The largest absolute Gasteiger partial charge is 0.321 e. The molecule has 0 bridgehead atoms. The van der Waals surface area contributed by atoms with Gasteiger partial charge in [0.1, 0.15) is 5.82 Å². The highest BCUT2D eigenvalue weighted by atomic mass is 19.1. The standard InChI is InChI=1S/C15H14FNO/c1-10-6-5-7-11(2)14(10)17-15(18)12-8-3-4-9-13(12)16/h3-9H,1-2H3,(H,17,18). The van der Waals surface area contributed by atoms with Crippen LogP contribution >= 0.6 is 0 Å². The minimum Gasteiger partial charge on any atom is -0.321 e. The number of anilines is 1. The molecule has 92 valence electrons. The van der Waals surface area contributed by atoms with E-state index in [2.05, 4.69) is 5.32 Å². The van der Waals surface area contributed by atoms with E-state index in [0.29, 0.717) is 0 Å². The normalized spacial score (nSPS) is 10.2. The molecule has 0 saturated carbocycles. The molecule has 2 aromatic rings. The summed E-state index contributed by atoms with van der Waals surface area (Å²) in [5, 5.41) is 2.76. The summed E-state index contributed by atoms with van der Waals surface area (Å²) in [7, 11) is 0. The Morgan fingerprint density at radius 1 is 1.00 bits per heavy atom. The summed E-state index contributed by atoms with van der Waals surface area (Å²) in [5.41, 5.74) is 2.71. The maximum Gasteiger partial charge on any atom is 0.258 e. The predicted octanol–water partition coefficient (Wildman–Crippen LogP) is 3.69. The van der Waals surface area contributed by atoms with Crippen LogP contribution in [0.5, 0.6) is 0 Å². The lowest BCUT2D eigenvalue weighted by Gasteiger charge is -2.11. The Bertz CT molecular complexity index is 573. The molecule has 0 fully saturated rings. The molecule has 0 unspecified atom stereocenters. The molecule has 0 aromatic heterocycles. The van der Waals surface area contributed by atoms with E-state index in [1.54, 1.807) is 12.1 Å². The van der Waals surface area contributed by atoms with E-state index in [-0.39, 0.29) is 5.56 Å². The number of rotatable bonds is 2. The lowest BCUT2D eigenvalue weighted by atomic mass is 10.1. The average molecular weight is 243 g/mol. The second-order valence-electron chi connectivity index (χ2n) is 4.20. The molecule has 2 rings (SSSR count). The first kappa shape index (κ1) is 12.3. The number of halogens is 1. The molecule has 0 radical (unpaired) electrons. The highest BCUT2D eigenvalue weighted by Crippen LogP contribution is 2.20. The SMILES string of the molecule is Cc1cccc(C)c1NC(=O)c1ccccc1F. The van der Waals surface area contributed by atoms with E-state index in [1.807, 2.05) is 32.0 Å². The van der Waals surface area contributed by atoms with Gasteiger partial charge in [0, 0.05) is 5.69 Å². The van der Waals surface area contributed by atoms with Crippen molar-refractivity contribution in [3.05, 3.63) is 65.0 Å². The number of nitrogens with one attached hydrogen (secondary N) is 1. The Hall–Kier alpha value is -2.16. The zero-order valence-electron chi connectivity index (χ0n) is 10.3. The van der Waals surface area contributed by atoms with Gasteiger partial charge in [0.05, 0.1) is 5.56 Å². The number of hydrogen-bond acceptors (Lipinski definition) is 1. The van der Waals surface area contributed by atoms with Crippen LogP contribution < -0.4 is 5.32 Å². The molecule has 0 saturated heterocycles. The number of amides is 1. The van der Waals surface area contributed by atoms with Gasteiger partial charge >= 0.3 is 0 Å². The van der Waals surface area contributed by atoms with Gasteiger partial charge in [0.25, 0.3) is 5.91 Å². The van der Waals surface area contributed by atoms with Crippen molar-refractivity contribution in [2.24, 2.45) is 0 Å². The Kier molecular flexibility index (Phi) is 3.42. The van der Waals surface area contributed by atoms with E-state index in [1.165, 1.54) is 12.1 Å². The van der Waals surface area contributed by atoms with E-state index < -0.39 is 11.7 Å². The van der Waals surface area contributed by atoms with Crippen LogP contribution in [0.1, 0.15) is 21.5 Å². The highest BCUT2D eigenvalue weighted by molar-refractivity contribution is 6.05. The quantitative estimate of drug-likeness (QED) is 0.856. The first-order valence-electron chi connectivity index (χ1n) is 5.71. The number of aryl methyl sites for hydroxylation is 2.